The third kappa shape index (κ3) is 6.28. The predicted molar refractivity (Wildman–Crippen MR) is 139 cm³/mol. The number of carbonyl (C=O) groups excluding carboxylic acids is 4. The Hall–Kier alpha value is -3.28. The SMILES string of the molecule is CC(C)(C(=O)OOC(=O)C(C)(C)C(=O)c1ccc(C(C)(C)C)cc1)C(=O)c1ccc(C(C)(C)C)cc1. The summed E-state index contributed by atoms with van der Waals surface area (Å²) in [6.07, 6.45) is 0. The molecule has 0 saturated carbocycles. The summed E-state index contributed by atoms with van der Waals surface area (Å²) in [5.41, 5.74) is -0.606. The zero-order valence-electron chi connectivity index (χ0n) is 23.1. The van der Waals surface area contributed by atoms with Gasteiger partial charge in [0.15, 0.2) is 11.6 Å². The summed E-state index contributed by atoms with van der Waals surface area (Å²) in [4.78, 5) is 60.9. The largest absolute Gasteiger partial charge is 0.368 e. The zero-order chi connectivity index (χ0) is 27.7. The molecule has 0 unspecified atom stereocenters. The van der Waals surface area contributed by atoms with Crippen LogP contribution in [0.2, 0.25) is 0 Å². The van der Waals surface area contributed by atoms with Crippen LogP contribution in [0.1, 0.15) is 101 Å². The second-order valence-electron chi connectivity index (χ2n) is 12.3. The van der Waals surface area contributed by atoms with Crippen LogP contribution >= 0.6 is 0 Å². The molecule has 0 saturated heterocycles. The van der Waals surface area contributed by atoms with Crippen LogP contribution in [-0.2, 0) is 30.2 Å². The van der Waals surface area contributed by atoms with Crippen molar-refractivity contribution in [3.8, 4) is 0 Å². The Kier molecular flexibility index (Phi) is 8.04. The van der Waals surface area contributed by atoms with E-state index in [1.807, 2.05) is 24.3 Å². The molecule has 0 bridgehead atoms. The van der Waals surface area contributed by atoms with E-state index in [2.05, 4.69) is 41.5 Å². The van der Waals surface area contributed by atoms with Crippen molar-refractivity contribution in [2.24, 2.45) is 10.8 Å². The predicted octanol–water partition coefficient (Wildman–Crippen LogP) is 6.40. The Morgan fingerprint density at radius 3 is 0.944 bits per heavy atom. The van der Waals surface area contributed by atoms with Crippen LogP contribution < -0.4 is 0 Å². The van der Waals surface area contributed by atoms with Crippen LogP contribution in [0.4, 0.5) is 0 Å². The van der Waals surface area contributed by atoms with E-state index in [-0.39, 0.29) is 10.8 Å². The Morgan fingerprint density at radius 2 is 0.722 bits per heavy atom. The van der Waals surface area contributed by atoms with Gasteiger partial charge in [0.05, 0.1) is 0 Å². The second-order valence-corrected chi connectivity index (χ2v) is 12.3. The van der Waals surface area contributed by atoms with Gasteiger partial charge in [0.2, 0.25) is 0 Å². The zero-order valence-corrected chi connectivity index (χ0v) is 23.1. The van der Waals surface area contributed by atoms with Crippen molar-refractivity contribution in [1.29, 1.82) is 0 Å². The third-order valence-corrected chi connectivity index (χ3v) is 6.38. The molecule has 0 atom stereocenters. The van der Waals surface area contributed by atoms with Gasteiger partial charge in [-0.25, -0.2) is 19.4 Å². The van der Waals surface area contributed by atoms with E-state index in [1.54, 1.807) is 24.3 Å². The fourth-order valence-electron chi connectivity index (χ4n) is 3.43. The maximum absolute atomic E-state index is 13.0. The lowest BCUT2D eigenvalue weighted by molar-refractivity contribution is -0.268. The van der Waals surface area contributed by atoms with Gasteiger partial charge in [0.25, 0.3) is 0 Å². The summed E-state index contributed by atoms with van der Waals surface area (Å²) in [5.74, 6) is -3.01. The summed E-state index contributed by atoms with van der Waals surface area (Å²) in [7, 11) is 0. The fraction of sp³-hybridized carbons (Fsp3) is 0.467. The number of rotatable bonds is 6. The number of carbonyl (C=O) groups is 4. The topological polar surface area (TPSA) is 86.7 Å². The van der Waals surface area contributed by atoms with Gasteiger partial charge in [0, 0.05) is 11.1 Å². The maximum Gasteiger partial charge on any atom is 0.368 e. The highest BCUT2D eigenvalue weighted by molar-refractivity contribution is 6.13. The van der Waals surface area contributed by atoms with Crippen LogP contribution in [0.5, 0.6) is 0 Å². The lowest BCUT2D eigenvalue weighted by atomic mass is 9.82. The van der Waals surface area contributed by atoms with Crippen molar-refractivity contribution in [3.05, 3.63) is 70.8 Å². The summed E-state index contributed by atoms with van der Waals surface area (Å²) in [5, 5.41) is 0. The van der Waals surface area contributed by atoms with Crippen LogP contribution in [0.25, 0.3) is 0 Å². The van der Waals surface area contributed by atoms with E-state index in [0.717, 1.165) is 11.1 Å². The lowest BCUT2D eigenvalue weighted by Gasteiger charge is -2.24. The highest BCUT2D eigenvalue weighted by Crippen LogP contribution is 2.29. The summed E-state index contributed by atoms with van der Waals surface area (Å²) >= 11 is 0. The molecule has 0 aliphatic heterocycles. The van der Waals surface area contributed by atoms with Crippen LogP contribution in [0, 0.1) is 10.8 Å². The Labute approximate surface area is 214 Å². The van der Waals surface area contributed by atoms with Crippen molar-refractivity contribution in [2.75, 3.05) is 0 Å². The maximum atomic E-state index is 13.0. The van der Waals surface area contributed by atoms with E-state index < -0.39 is 34.3 Å². The Bertz CT molecular complexity index is 1040. The van der Waals surface area contributed by atoms with Gasteiger partial charge in [-0.2, -0.15) is 0 Å². The molecule has 194 valence electrons. The molecule has 2 aromatic carbocycles. The van der Waals surface area contributed by atoms with Crippen molar-refractivity contribution >= 4 is 23.5 Å². The smallest absolute Gasteiger partial charge is 0.293 e. The van der Waals surface area contributed by atoms with Crippen LogP contribution in [0.3, 0.4) is 0 Å². The highest BCUT2D eigenvalue weighted by atomic mass is 17.2. The first-order valence-corrected chi connectivity index (χ1v) is 12.0. The minimum atomic E-state index is -1.61. The van der Waals surface area contributed by atoms with E-state index in [1.165, 1.54) is 27.7 Å². The van der Waals surface area contributed by atoms with E-state index >= 15 is 0 Å². The van der Waals surface area contributed by atoms with Gasteiger partial charge >= 0.3 is 11.9 Å². The number of hydrogen-bond donors (Lipinski definition) is 0. The third-order valence-electron chi connectivity index (χ3n) is 6.38. The molecule has 2 rings (SSSR count). The first kappa shape index (κ1) is 29.0. The first-order valence-electron chi connectivity index (χ1n) is 12.0. The normalized spacial score (nSPS) is 12.6. The molecule has 6 nitrogen and oxygen atoms in total. The van der Waals surface area contributed by atoms with E-state index in [4.69, 9.17) is 9.78 Å². The number of Topliss-reactive ketones (excluding diaryl/α,β-unsaturated/α-hetero) is 2. The highest BCUT2D eigenvalue weighted by Gasteiger charge is 2.43. The summed E-state index contributed by atoms with van der Waals surface area (Å²) in [6, 6.07) is 14.0. The minimum absolute atomic E-state index is 0.0803. The molecule has 0 radical (unpaired) electrons. The minimum Gasteiger partial charge on any atom is -0.293 e. The summed E-state index contributed by atoms with van der Waals surface area (Å²) in [6.45, 7) is 18.0. The first-order chi connectivity index (χ1) is 16.3. The molecule has 6 heteroatoms. The fourth-order valence-corrected chi connectivity index (χ4v) is 3.43. The van der Waals surface area contributed by atoms with Crippen molar-refractivity contribution in [2.45, 2.75) is 80.1 Å². The summed E-state index contributed by atoms with van der Waals surface area (Å²) < 4.78 is 0. The van der Waals surface area contributed by atoms with Crippen molar-refractivity contribution < 1.29 is 29.0 Å². The van der Waals surface area contributed by atoms with Gasteiger partial charge in [-0.15, -0.1) is 0 Å². The molecule has 0 fully saturated rings. The molecule has 0 heterocycles. The van der Waals surface area contributed by atoms with Gasteiger partial charge in [-0.05, 0) is 49.7 Å². The van der Waals surface area contributed by atoms with Crippen LogP contribution in [0.15, 0.2) is 48.5 Å². The number of ketones is 2. The van der Waals surface area contributed by atoms with Gasteiger partial charge < -0.3 is 0 Å². The average Bonchev–Trinajstić information content (AvgIpc) is 2.80. The van der Waals surface area contributed by atoms with E-state index in [0.29, 0.717) is 11.1 Å². The quantitative estimate of drug-likeness (QED) is 0.200. The van der Waals surface area contributed by atoms with Crippen LogP contribution in [-0.4, -0.2) is 23.5 Å². The molecular weight excluding hydrogens is 456 g/mol. The van der Waals surface area contributed by atoms with E-state index in [9.17, 15) is 19.2 Å². The number of hydrogen-bond acceptors (Lipinski definition) is 6. The lowest BCUT2D eigenvalue weighted by Crippen LogP contribution is -2.39. The Balaban J connectivity index is 2.09. The molecule has 0 N–H and O–H groups in total. The average molecular weight is 495 g/mol. The molecule has 0 spiro atoms. The molecule has 0 aliphatic carbocycles. The molecule has 0 amide bonds. The van der Waals surface area contributed by atoms with Gasteiger partial charge in [-0.3, -0.25) is 9.59 Å². The van der Waals surface area contributed by atoms with Crippen molar-refractivity contribution in [1.82, 2.24) is 0 Å². The molecule has 2 aromatic rings. The molecule has 0 aromatic heterocycles. The Morgan fingerprint density at radius 1 is 0.472 bits per heavy atom. The standard InChI is InChI=1S/C30H38O6/c1-27(2,3)21-15-11-19(12-16-21)23(31)29(7,8)25(33)35-36-26(34)30(9,10)24(32)20-13-17-22(18-14-20)28(4,5)6/h11-18H,1-10H3. The monoisotopic (exact) mass is 494 g/mol. The molecular formula is C30H38O6. The van der Waals surface area contributed by atoms with Gasteiger partial charge in [0.1, 0.15) is 10.8 Å². The molecule has 36 heavy (non-hydrogen) atoms. The molecule has 0 aliphatic rings. The number of benzene rings is 2. The van der Waals surface area contributed by atoms with Crippen molar-refractivity contribution in [3.63, 3.8) is 0 Å². The van der Waals surface area contributed by atoms with Gasteiger partial charge in [-0.1, -0.05) is 90.1 Å². The second kappa shape index (κ2) is 10.00.